The quantitative estimate of drug-likeness (QED) is 0.849. The van der Waals surface area contributed by atoms with Gasteiger partial charge in [-0.3, -0.25) is 9.88 Å². The Kier molecular flexibility index (Phi) is 5.96. The van der Waals surface area contributed by atoms with Crippen LogP contribution in [0.25, 0.3) is 0 Å². The highest BCUT2D eigenvalue weighted by Gasteiger charge is 2.32. The molecule has 8 heteroatoms. The number of nitrogens with zero attached hydrogens (tertiary/aromatic N) is 4. The zero-order valence-corrected chi connectivity index (χ0v) is 16.8. The molecule has 1 aliphatic heterocycles. The van der Waals surface area contributed by atoms with Crippen molar-refractivity contribution in [3.63, 3.8) is 0 Å². The average Bonchev–Trinajstić information content (AvgIpc) is 2.63. The van der Waals surface area contributed by atoms with Crippen LogP contribution in [0.3, 0.4) is 0 Å². The third-order valence-electron chi connectivity index (χ3n) is 4.24. The first-order valence-corrected chi connectivity index (χ1v) is 9.49. The maximum absolute atomic E-state index is 12.5. The molecule has 0 radical (unpaired) electrons. The number of hydrogen-bond acceptors (Lipinski definition) is 7. The maximum Gasteiger partial charge on any atom is 0.413 e. The highest BCUT2D eigenvalue weighted by Crippen LogP contribution is 2.24. The second-order valence-electron chi connectivity index (χ2n) is 7.74. The second kappa shape index (κ2) is 8.41. The molecule has 28 heavy (non-hydrogen) atoms. The van der Waals surface area contributed by atoms with E-state index in [4.69, 9.17) is 9.47 Å². The molecule has 2 aromatic heterocycles. The highest BCUT2D eigenvalue weighted by molar-refractivity contribution is 5.68. The summed E-state index contributed by atoms with van der Waals surface area (Å²) in [6, 6.07) is 5.50. The summed E-state index contributed by atoms with van der Waals surface area (Å²) < 4.78 is 11.5. The van der Waals surface area contributed by atoms with E-state index in [-0.39, 0.29) is 6.09 Å². The molecule has 3 heterocycles. The topological polar surface area (TPSA) is 89.5 Å². The smallest absolute Gasteiger partial charge is 0.413 e. The van der Waals surface area contributed by atoms with Crippen molar-refractivity contribution < 1.29 is 14.3 Å². The molecule has 0 aliphatic carbocycles. The number of amides is 1. The summed E-state index contributed by atoms with van der Waals surface area (Å²) in [5, 5.41) is 3.22. The summed E-state index contributed by atoms with van der Waals surface area (Å²) in [6.45, 7) is 8.08. The van der Waals surface area contributed by atoms with Crippen molar-refractivity contribution in [2.45, 2.75) is 58.8 Å². The lowest BCUT2D eigenvalue weighted by Gasteiger charge is -2.36. The van der Waals surface area contributed by atoms with Crippen LogP contribution in [0.2, 0.25) is 0 Å². The largest absolute Gasteiger partial charge is 0.453 e. The average molecular weight is 385 g/mol. The van der Waals surface area contributed by atoms with E-state index in [0.29, 0.717) is 18.2 Å². The van der Waals surface area contributed by atoms with E-state index in [9.17, 15) is 4.79 Å². The van der Waals surface area contributed by atoms with Gasteiger partial charge >= 0.3 is 6.09 Å². The third-order valence-corrected chi connectivity index (χ3v) is 4.24. The van der Waals surface area contributed by atoms with E-state index < -0.39 is 11.8 Å². The Morgan fingerprint density at radius 1 is 1.25 bits per heavy atom. The molecule has 1 unspecified atom stereocenters. The van der Waals surface area contributed by atoms with E-state index in [1.54, 1.807) is 17.2 Å². The summed E-state index contributed by atoms with van der Waals surface area (Å²) in [7, 11) is 0. The molecule has 0 bridgehead atoms. The van der Waals surface area contributed by atoms with Gasteiger partial charge in [0.25, 0.3) is 0 Å². The summed E-state index contributed by atoms with van der Waals surface area (Å²) in [4.78, 5) is 26.9. The van der Waals surface area contributed by atoms with Gasteiger partial charge in [-0.15, -0.1) is 0 Å². The van der Waals surface area contributed by atoms with Gasteiger partial charge in [-0.05, 0) is 52.7 Å². The van der Waals surface area contributed by atoms with E-state index >= 15 is 0 Å². The van der Waals surface area contributed by atoms with E-state index in [1.165, 1.54) is 6.33 Å². The SMILES string of the molecule is Cc1ncccc1Nc1cc(OC2CCCCN2C(=O)OC(C)(C)C)ncn1. The molecule has 150 valence electrons. The minimum Gasteiger partial charge on any atom is -0.453 e. The molecule has 1 fully saturated rings. The Labute approximate surface area is 165 Å². The normalized spacial score (nSPS) is 17.1. The van der Waals surface area contributed by atoms with Crippen molar-refractivity contribution in [3.05, 3.63) is 36.4 Å². The number of ether oxygens (including phenoxy) is 2. The number of pyridine rings is 1. The van der Waals surface area contributed by atoms with Gasteiger partial charge in [0.15, 0.2) is 6.23 Å². The van der Waals surface area contributed by atoms with Crippen LogP contribution >= 0.6 is 0 Å². The fourth-order valence-electron chi connectivity index (χ4n) is 2.92. The minimum absolute atomic E-state index is 0.365. The Morgan fingerprint density at radius 3 is 2.82 bits per heavy atom. The van der Waals surface area contributed by atoms with Crippen LogP contribution in [0.4, 0.5) is 16.3 Å². The Balaban J connectivity index is 1.71. The van der Waals surface area contributed by atoms with Gasteiger partial charge in [0.2, 0.25) is 5.88 Å². The van der Waals surface area contributed by atoms with Crippen molar-refractivity contribution in [2.75, 3.05) is 11.9 Å². The number of nitrogens with one attached hydrogen (secondary N) is 1. The standard InChI is InChI=1S/C20H27N5O3/c1-14-15(8-7-10-21-14)24-16-12-17(23-13-22-16)27-18-9-5-6-11-25(18)19(26)28-20(2,3)4/h7-8,10,12-13,18H,5-6,9,11H2,1-4H3,(H,22,23,24). The first kappa shape index (κ1) is 19.9. The van der Waals surface area contributed by atoms with Crippen molar-refractivity contribution in [2.24, 2.45) is 0 Å². The minimum atomic E-state index is -0.549. The van der Waals surface area contributed by atoms with Crippen LogP contribution in [0.15, 0.2) is 30.7 Å². The molecule has 1 saturated heterocycles. The summed E-state index contributed by atoms with van der Waals surface area (Å²) in [5.74, 6) is 1.00. The fraction of sp³-hybridized carbons (Fsp3) is 0.500. The summed E-state index contributed by atoms with van der Waals surface area (Å²) >= 11 is 0. The number of likely N-dealkylation sites (tertiary alicyclic amines) is 1. The number of anilines is 2. The van der Waals surface area contributed by atoms with E-state index in [1.807, 2.05) is 39.8 Å². The number of aryl methyl sites for hydroxylation is 1. The van der Waals surface area contributed by atoms with Crippen LogP contribution in [0.5, 0.6) is 5.88 Å². The van der Waals surface area contributed by atoms with Gasteiger partial charge < -0.3 is 14.8 Å². The monoisotopic (exact) mass is 385 g/mol. The first-order chi connectivity index (χ1) is 13.3. The Bertz CT molecular complexity index is 821. The molecule has 1 atom stereocenters. The molecule has 0 saturated carbocycles. The molecule has 2 aromatic rings. The van der Waals surface area contributed by atoms with Gasteiger partial charge in [-0.1, -0.05) is 0 Å². The lowest BCUT2D eigenvalue weighted by Crippen LogP contribution is -2.48. The van der Waals surface area contributed by atoms with Gasteiger partial charge in [0.1, 0.15) is 17.7 Å². The molecule has 8 nitrogen and oxygen atoms in total. The Hall–Kier alpha value is -2.90. The molecule has 1 N–H and O–H groups in total. The second-order valence-corrected chi connectivity index (χ2v) is 7.74. The number of piperidine rings is 1. The third kappa shape index (κ3) is 5.31. The zero-order valence-electron chi connectivity index (χ0n) is 16.8. The lowest BCUT2D eigenvalue weighted by atomic mass is 10.1. The van der Waals surface area contributed by atoms with Crippen molar-refractivity contribution in [3.8, 4) is 5.88 Å². The molecule has 0 aromatic carbocycles. The summed E-state index contributed by atoms with van der Waals surface area (Å²) in [5.41, 5.74) is 1.18. The number of hydrogen-bond donors (Lipinski definition) is 1. The number of carbonyl (C=O) groups excluding carboxylic acids is 1. The van der Waals surface area contributed by atoms with Crippen molar-refractivity contribution in [1.82, 2.24) is 19.9 Å². The van der Waals surface area contributed by atoms with E-state index in [2.05, 4.69) is 20.3 Å². The maximum atomic E-state index is 12.5. The van der Waals surface area contributed by atoms with Gasteiger partial charge in [-0.25, -0.2) is 14.8 Å². The van der Waals surface area contributed by atoms with Crippen LogP contribution in [0, 0.1) is 6.92 Å². The molecule has 1 aliphatic rings. The predicted octanol–water partition coefficient (Wildman–Crippen LogP) is 4.05. The van der Waals surface area contributed by atoms with Crippen LogP contribution in [-0.4, -0.2) is 44.3 Å². The molecule has 1 amide bonds. The van der Waals surface area contributed by atoms with Crippen LogP contribution < -0.4 is 10.1 Å². The van der Waals surface area contributed by atoms with Crippen molar-refractivity contribution >= 4 is 17.6 Å². The number of aromatic nitrogens is 3. The van der Waals surface area contributed by atoms with Crippen molar-refractivity contribution in [1.29, 1.82) is 0 Å². The Morgan fingerprint density at radius 2 is 2.07 bits per heavy atom. The fourth-order valence-corrected chi connectivity index (χ4v) is 2.92. The molecule has 3 rings (SSSR count). The lowest BCUT2D eigenvalue weighted by molar-refractivity contribution is -0.0356. The van der Waals surface area contributed by atoms with Gasteiger partial charge in [-0.2, -0.15) is 0 Å². The highest BCUT2D eigenvalue weighted by atomic mass is 16.6. The summed E-state index contributed by atoms with van der Waals surface area (Å²) in [6.07, 6.45) is 5.04. The van der Waals surface area contributed by atoms with Gasteiger partial charge in [0, 0.05) is 25.2 Å². The molecular weight excluding hydrogens is 358 g/mol. The van der Waals surface area contributed by atoms with E-state index in [0.717, 1.165) is 30.6 Å². The van der Waals surface area contributed by atoms with Gasteiger partial charge in [0.05, 0.1) is 11.4 Å². The molecule has 0 spiro atoms. The molecular formula is C20H27N5O3. The zero-order chi connectivity index (χ0) is 20.1. The number of rotatable bonds is 4. The number of carbonyl (C=O) groups is 1. The van der Waals surface area contributed by atoms with Crippen LogP contribution in [-0.2, 0) is 4.74 Å². The van der Waals surface area contributed by atoms with Crippen LogP contribution in [0.1, 0.15) is 45.7 Å². The first-order valence-electron chi connectivity index (χ1n) is 9.49. The predicted molar refractivity (Wildman–Crippen MR) is 105 cm³/mol.